The summed E-state index contributed by atoms with van der Waals surface area (Å²) < 4.78 is 0. The molecule has 3 nitrogen and oxygen atoms in total. The predicted octanol–water partition coefficient (Wildman–Crippen LogP) is 3.87. The molecule has 0 saturated carbocycles. The van der Waals surface area contributed by atoms with Crippen LogP contribution in [0.1, 0.15) is 5.56 Å². The Morgan fingerprint density at radius 1 is 0.864 bits per heavy atom. The van der Waals surface area contributed by atoms with Crippen molar-refractivity contribution in [1.82, 2.24) is 0 Å². The lowest BCUT2D eigenvalue weighted by Crippen LogP contribution is -2.36. The Labute approximate surface area is 136 Å². The van der Waals surface area contributed by atoms with Crippen molar-refractivity contribution in [1.29, 1.82) is 0 Å². The molecule has 0 aliphatic rings. The minimum Gasteiger partial charge on any atom is -0.377 e. The van der Waals surface area contributed by atoms with Crippen LogP contribution in [0.5, 0.6) is 0 Å². The summed E-state index contributed by atoms with van der Waals surface area (Å²) in [5, 5.41) is 4.20. The summed E-state index contributed by atoms with van der Waals surface area (Å²) in [5.41, 5.74) is 1.27. The fraction of sp³-hybridized carbons (Fsp3) is 0.0588. The van der Waals surface area contributed by atoms with Crippen molar-refractivity contribution in [2.24, 2.45) is 0 Å². The Kier molecular flexibility index (Phi) is 4.01. The van der Waals surface area contributed by atoms with Gasteiger partial charge in [-0.2, -0.15) is 0 Å². The summed E-state index contributed by atoms with van der Waals surface area (Å²) in [6.07, 6.45) is 0. The maximum atomic E-state index is 11.8. The lowest BCUT2D eigenvalue weighted by Gasteiger charge is -2.14. The zero-order valence-electron chi connectivity index (χ0n) is 11.4. The Balaban J connectivity index is 1.88. The molecule has 0 amide bonds. The molecule has 0 bridgehead atoms. The smallest absolute Gasteiger partial charge is 0.250 e. The van der Waals surface area contributed by atoms with Crippen LogP contribution in [0, 0.1) is 0 Å². The lowest BCUT2D eigenvalue weighted by atomic mass is 9.98. The van der Waals surface area contributed by atoms with Gasteiger partial charge in [-0.15, -0.1) is 0 Å². The van der Waals surface area contributed by atoms with Gasteiger partial charge in [0.15, 0.2) is 0 Å². The zero-order valence-corrected chi connectivity index (χ0v) is 12.9. The Bertz CT molecular complexity index is 894. The number of hydrogen-bond acceptors (Lipinski definition) is 3. The monoisotopic (exact) mass is 331 g/mol. The maximum absolute atomic E-state index is 11.8. The van der Waals surface area contributed by atoms with Crippen molar-refractivity contribution in [2.45, 2.75) is 6.54 Å². The second-order valence-corrected chi connectivity index (χ2v) is 5.70. The molecule has 110 valence electrons. The van der Waals surface area contributed by atoms with Crippen LogP contribution in [-0.4, -0.2) is 0 Å². The molecule has 0 aliphatic heterocycles. The van der Waals surface area contributed by atoms with Crippen molar-refractivity contribution in [2.75, 3.05) is 5.32 Å². The Morgan fingerprint density at radius 2 is 1.55 bits per heavy atom. The lowest BCUT2D eigenvalue weighted by molar-refractivity contribution is 1.13. The van der Waals surface area contributed by atoms with Crippen LogP contribution >= 0.6 is 23.2 Å². The van der Waals surface area contributed by atoms with Crippen LogP contribution in [0.4, 0.5) is 5.69 Å². The molecule has 0 spiro atoms. The van der Waals surface area contributed by atoms with Crippen molar-refractivity contribution < 1.29 is 0 Å². The average Bonchev–Trinajstić information content (AvgIpc) is 2.53. The topological polar surface area (TPSA) is 46.2 Å². The van der Waals surface area contributed by atoms with Crippen LogP contribution in [0.2, 0.25) is 10.0 Å². The van der Waals surface area contributed by atoms with E-state index >= 15 is 0 Å². The molecule has 3 aromatic carbocycles. The molecule has 5 heteroatoms. The first-order valence-corrected chi connectivity index (χ1v) is 7.40. The van der Waals surface area contributed by atoms with Crippen LogP contribution < -0.4 is 16.2 Å². The summed E-state index contributed by atoms with van der Waals surface area (Å²) >= 11 is 11.9. The zero-order chi connectivity index (χ0) is 15.7. The largest absolute Gasteiger partial charge is 0.377 e. The van der Waals surface area contributed by atoms with E-state index < -0.39 is 10.9 Å². The first-order valence-electron chi connectivity index (χ1n) is 6.64. The van der Waals surface area contributed by atoms with Crippen molar-refractivity contribution in [3.63, 3.8) is 0 Å². The molecule has 0 radical (unpaired) electrons. The first kappa shape index (κ1) is 14.8. The van der Waals surface area contributed by atoms with E-state index in [1.165, 1.54) is 0 Å². The van der Waals surface area contributed by atoms with E-state index in [1.807, 2.05) is 18.2 Å². The summed E-state index contributed by atoms with van der Waals surface area (Å²) in [6.45, 7) is 0.380. The van der Waals surface area contributed by atoms with E-state index in [-0.39, 0.29) is 0 Å². The molecule has 0 unspecified atom stereocenters. The third-order valence-corrected chi connectivity index (χ3v) is 4.08. The van der Waals surface area contributed by atoms with E-state index in [4.69, 9.17) is 23.2 Å². The van der Waals surface area contributed by atoms with Gasteiger partial charge in [0.2, 0.25) is 10.9 Å². The Morgan fingerprint density at radius 3 is 2.23 bits per heavy atom. The molecule has 0 aliphatic carbocycles. The van der Waals surface area contributed by atoms with Crippen molar-refractivity contribution in [3.05, 3.63) is 84.6 Å². The molecule has 3 rings (SSSR count). The normalized spacial score (nSPS) is 10.8. The molecule has 1 N–H and O–H groups in total. The summed E-state index contributed by atoms with van der Waals surface area (Å²) in [7, 11) is 0. The van der Waals surface area contributed by atoms with Gasteiger partial charge >= 0.3 is 0 Å². The van der Waals surface area contributed by atoms with Gasteiger partial charge in [-0.3, -0.25) is 9.59 Å². The second kappa shape index (κ2) is 5.95. The third-order valence-electron chi connectivity index (χ3n) is 3.46. The minimum absolute atomic E-state index is 0.326. The van der Waals surface area contributed by atoms with E-state index in [2.05, 4.69) is 5.32 Å². The molecule has 0 fully saturated rings. The quantitative estimate of drug-likeness (QED) is 0.738. The molecule has 0 saturated heterocycles. The summed E-state index contributed by atoms with van der Waals surface area (Å²) in [5.74, 6) is 0. The van der Waals surface area contributed by atoms with Crippen LogP contribution in [-0.2, 0) is 6.54 Å². The van der Waals surface area contributed by atoms with E-state index in [9.17, 15) is 9.59 Å². The molecule has 0 atom stereocenters. The van der Waals surface area contributed by atoms with Gasteiger partial charge in [0.05, 0.1) is 11.3 Å². The number of halogens is 2. The molecule has 0 aromatic heterocycles. The van der Waals surface area contributed by atoms with Crippen LogP contribution in [0.25, 0.3) is 11.1 Å². The van der Waals surface area contributed by atoms with E-state index in [0.29, 0.717) is 33.4 Å². The number of rotatable bonds is 4. The minimum atomic E-state index is -0.503. The molecule has 22 heavy (non-hydrogen) atoms. The highest BCUT2D eigenvalue weighted by Crippen LogP contribution is 2.26. The number of benzene rings is 2. The highest BCUT2D eigenvalue weighted by atomic mass is 35.5. The van der Waals surface area contributed by atoms with Gasteiger partial charge in [-0.25, -0.2) is 0 Å². The second-order valence-electron chi connectivity index (χ2n) is 4.86. The van der Waals surface area contributed by atoms with Gasteiger partial charge < -0.3 is 5.32 Å². The molecular formula is C17H11Cl2NO2. The van der Waals surface area contributed by atoms with E-state index in [0.717, 1.165) is 5.56 Å². The van der Waals surface area contributed by atoms with Gasteiger partial charge in [0, 0.05) is 16.6 Å². The van der Waals surface area contributed by atoms with Crippen LogP contribution in [0.3, 0.4) is 0 Å². The fourth-order valence-corrected chi connectivity index (χ4v) is 2.61. The standard InChI is InChI=1S/C17H11Cl2NO2/c18-12-7-5-10(6-8-12)14-15(17(22)16(14)21)20-9-11-3-1-2-4-13(11)19/h1-8,20H,9H2. The number of nitrogens with one attached hydrogen (secondary N) is 1. The SMILES string of the molecule is O=c1c(NCc2ccccc2Cl)c(-c2ccc(Cl)cc2)c1=O. The number of hydrogen-bond donors (Lipinski definition) is 1. The third kappa shape index (κ3) is 2.65. The molecule has 0 heterocycles. The maximum Gasteiger partial charge on any atom is 0.250 e. The summed E-state index contributed by atoms with van der Waals surface area (Å²) in [4.78, 5) is 23.6. The van der Waals surface area contributed by atoms with Crippen molar-refractivity contribution in [3.8, 4) is 11.1 Å². The van der Waals surface area contributed by atoms with Gasteiger partial charge in [0.1, 0.15) is 0 Å². The highest BCUT2D eigenvalue weighted by Gasteiger charge is 2.22. The van der Waals surface area contributed by atoms with Gasteiger partial charge in [-0.05, 0) is 29.3 Å². The predicted molar refractivity (Wildman–Crippen MR) is 90.6 cm³/mol. The highest BCUT2D eigenvalue weighted by molar-refractivity contribution is 6.31. The van der Waals surface area contributed by atoms with Crippen molar-refractivity contribution >= 4 is 28.9 Å². The van der Waals surface area contributed by atoms with Gasteiger partial charge in [0.25, 0.3) is 0 Å². The van der Waals surface area contributed by atoms with E-state index in [1.54, 1.807) is 30.3 Å². The molecular weight excluding hydrogens is 321 g/mol. The van der Waals surface area contributed by atoms with Crippen LogP contribution in [0.15, 0.2) is 58.1 Å². The molecule has 3 aromatic rings. The first-order chi connectivity index (χ1) is 10.6. The van der Waals surface area contributed by atoms with Gasteiger partial charge in [-0.1, -0.05) is 53.5 Å². The summed E-state index contributed by atoms with van der Waals surface area (Å²) in [6, 6.07) is 14.2. The number of anilines is 1. The fourth-order valence-electron chi connectivity index (χ4n) is 2.28. The average molecular weight is 332 g/mol. The Hall–Kier alpha value is -2.10.